The average molecular weight is 191 g/mol. The summed E-state index contributed by atoms with van der Waals surface area (Å²) < 4.78 is 2.07. The molecule has 0 amide bonds. The van der Waals surface area contributed by atoms with Crippen molar-refractivity contribution in [3.05, 3.63) is 35.8 Å². The number of anilines is 1. The number of pyridine rings is 1. The van der Waals surface area contributed by atoms with Crippen molar-refractivity contribution in [2.24, 2.45) is 7.05 Å². The zero-order chi connectivity index (χ0) is 9.26. The monoisotopic (exact) mass is 191 g/mol. The molecule has 2 aromatic rings. The van der Waals surface area contributed by atoms with Gasteiger partial charge < -0.3 is 5.73 Å². The van der Waals surface area contributed by atoms with Gasteiger partial charge in [-0.2, -0.15) is 0 Å². The average Bonchev–Trinajstić information content (AvgIpc) is 2.61. The first-order valence-electron chi connectivity index (χ1n) is 4.06. The minimum absolute atomic E-state index is 0.807. The number of aryl methyl sites for hydroxylation is 1. The molecule has 0 spiro atoms. The van der Waals surface area contributed by atoms with Crippen molar-refractivity contribution in [1.29, 1.82) is 0 Å². The quantitative estimate of drug-likeness (QED) is 0.685. The van der Waals surface area contributed by atoms with E-state index in [0.29, 0.717) is 0 Å². The molecular formula is C10H11N2S+. The maximum Gasteiger partial charge on any atom is 0.224 e. The van der Waals surface area contributed by atoms with Gasteiger partial charge >= 0.3 is 0 Å². The van der Waals surface area contributed by atoms with Crippen LogP contribution in [0.15, 0.2) is 35.8 Å². The predicted octanol–water partition coefficient (Wildman–Crippen LogP) is 1.82. The van der Waals surface area contributed by atoms with Crippen LogP contribution in [0, 0.1) is 0 Å². The third-order valence-corrected chi connectivity index (χ3v) is 2.84. The van der Waals surface area contributed by atoms with Crippen molar-refractivity contribution in [1.82, 2.24) is 0 Å². The Labute approximate surface area is 81.3 Å². The molecule has 0 aliphatic rings. The van der Waals surface area contributed by atoms with Gasteiger partial charge in [-0.3, -0.25) is 0 Å². The maximum atomic E-state index is 5.72. The van der Waals surface area contributed by atoms with Crippen molar-refractivity contribution >= 4 is 17.0 Å². The lowest BCUT2D eigenvalue weighted by atomic mass is 10.2. The number of aromatic nitrogens is 1. The van der Waals surface area contributed by atoms with Gasteiger partial charge in [0.25, 0.3) is 0 Å². The van der Waals surface area contributed by atoms with E-state index in [1.165, 1.54) is 4.88 Å². The van der Waals surface area contributed by atoms with Crippen LogP contribution in [0.1, 0.15) is 0 Å². The van der Waals surface area contributed by atoms with Crippen molar-refractivity contribution in [2.75, 3.05) is 5.73 Å². The summed E-state index contributed by atoms with van der Waals surface area (Å²) in [5.74, 6) is 0. The Kier molecular flexibility index (Phi) is 2.02. The molecule has 0 bridgehead atoms. The maximum absolute atomic E-state index is 5.72. The highest BCUT2D eigenvalue weighted by Gasteiger charge is 2.09. The molecule has 0 saturated heterocycles. The summed E-state index contributed by atoms with van der Waals surface area (Å²) >= 11 is 1.72. The highest BCUT2D eigenvalue weighted by Crippen LogP contribution is 2.22. The van der Waals surface area contributed by atoms with E-state index in [1.54, 1.807) is 11.3 Å². The number of nitrogens with two attached hydrogens (primary N) is 1. The fourth-order valence-corrected chi connectivity index (χ4v) is 2.04. The van der Waals surface area contributed by atoms with Crippen molar-refractivity contribution < 1.29 is 4.57 Å². The summed E-state index contributed by atoms with van der Waals surface area (Å²) in [5.41, 5.74) is 7.69. The summed E-state index contributed by atoms with van der Waals surface area (Å²) in [6, 6.07) is 8.03. The molecule has 2 aromatic heterocycles. The molecule has 2 N–H and O–H groups in total. The molecule has 66 valence electrons. The molecule has 0 atom stereocenters. The zero-order valence-electron chi connectivity index (χ0n) is 7.40. The Bertz CT molecular complexity index is 407. The normalized spacial score (nSPS) is 10.2. The smallest absolute Gasteiger partial charge is 0.224 e. The van der Waals surface area contributed by atoms with E-state index in [2.05, 4.69) is 16.0 Å². The van der Waals surface area contributed by atoms with Gasteiger partial charge in [0, 0.05) is 17.8 Å². The van der Waals surface area contributed by atoms with E-state index in [9.17, 15) is 0 Å². The van der Waals surface area contributed by atoms with Crippen LogP contribution in [0.3, 0.4) is 0 Å². The number of nitrogen functional groups attached to an aromatic ring is 1. The Morgan fingerprint density at radius 1 is 1.38 bits per heavy atom. The zero-order valence-corrected chi connectivity index (χ0v) is 8.21. The number of rotatable bonds is 1. The lowest BCUT2D eigenvalue weighted by molar-refractivity contribution is -0.660. The molecule has 0 unspecified atom stereocenters. The molecule has 0 aliphatic heterocycles. The van der Waals surface area contributed by atoms with Gasteiger partial charge in [0.2, 0.25) is 5.69 Å². The number of thiophene rings is 1. The van der Waals surface area contributed by atoms with Crippen molar-refractivity contribution in [2.45, 2.75) is 0 Å². The number of hydrogen-bond acceptors (Lipinski definition) is 2. The van der Waals surface area contributed by atoms with Gasteiger partial charge in [0.1, 0.15) is 7.05 Å². The summed E-state index contributed by atoms with van der Waals surface area (Å²) in [4.78, 5) is 1.25. The third-order valence-electron chi connectivity index (χ3n) is 1.95. The fraction of sp³-hybridized carbons (Fsp3) is 0.100. The largest absolute Gasteiger partial charge is 0.398 e. The highest BCUT2D eigenvalue weighted by atomic mass is 32.1. The highest BCUT2D eigenvalue weighted by molar-refractivity contribution is 7.13. The van der Waals surface area contributed by atoms with Crippen LogP contribution in [0.4, 0.5) is 5.69 Å². The minimum Gasteiger partial charge on any atom is -0.398 e. The lowest BCUT2D eigenvalue weighted by Crippen LogP contribution is -2.30. The van der Waals surface area contributed by atoms with Crippen LogP contribution in [-0.2, 0) is 7.05 Å². The van der Waals surface area contributed by atoms with Gasteiger partial charge in [-0.25, -0.2) is 4.57 Å². The topological polar surface area (TPSA) is 29.9 Å². The predicted molar refractivity (Wildman–Crippen MR) is 55.3 cm³/mol. The molecule has 0 aromatic carbocycles. The number of hydrogen-bond donors (Lipinski definition) is 1. The summed E-state index contributed by atoms with van der Waals surface area (Å²) in [6.07, 6.45) is 1.98. The molecule has 0 aliphatic carbocycles. The van der Waals surface area contributed by atoms with E-state index in [0.717, 1.165) is 11.4 Å². The van der Waals surface area contributed by atoms with Gasteiger partial charge in [-0.05, 0) is 11.4 Å². The molecule has 2 nitrogen and oxygen atoms in total. The van der Waals surface area contributed by atoms with E-state index in [1.807, 2.05) is 31.4 Å². The minimum atomic E-state index is 0.807. The molecular weight excluding hydrogens is 180 g/mol. The van der Waals surface area contributed by atoms with Crippen LogP contribution in [0.5, 0.6) is 0 Å². The molecule has 0 saturated carbocycles. The van der Waals surface area contributed by atoms with E-state index < -0.39 is 0 Å². The van der Waals surface area contributed by atoms with Gasteiger partial charge in [0.15, 0.2) is 6.20 Å². The van der Waals surface area contributed by atoms with Gasteiger partial charge in [-0.1, -0.05) is 6.07 Å². The van der Waals surface area contributed by atoms with Gasteiger partial charge in [0.05, 0.1) is 4.88 Å². The first-order valence-corrected chi connectivity index (χ1v) is 4.94. The van der Waals surface area contributed by atoms with Crippen LogP contribution in [-0.4, -0.2) is 0 Å². The van der Waals surface area contributed by atoms with Crippen molar-refractivity contribution in [3.8, 4) is 10.6 Å². The molecule has 13 heavy (non-hydrogen) atoms. The Balaban J connectivity index is 2.57. The SMILES string of the molecule is C[n+]1ccc(N)cc1-c1cccs1. The number of nitrogens with zero attached hydrogens (tertiary/aromatic N) is 1. The fourth-order valence-electron chi connectivity index (χ4n) is 1.26. The van der Waals surface area contributed by atoms with Crippen LogP contribution >= 0.6 is 11.3 Å². The van der Waals surface area contributed by atoms with Crippen LogP contribution in [0.2, 0.25) is 0 Å². The molecule has 0 fully saturated rings. The van der Waals surface area contributed by atoms with E-state index in [-0.39, 0.29) is 0 Å². The summed E-state index contributed by atoms with van der Waals surface area (Å²) in [7, 11) is 2.02. The molecule has 0 radical (unpaired) electrons. The van der Waals surface area contributed by atoms with Crippen molar-refractivity contribution in [3.63, 3.8) is 0 Å². The Hall–Kier alpha value is -1.35. The van der Waals surface area contributed by atoms with Crippen LogP contribution < -0.4 is 10.3 Å². The third kappa shape index (κ3) is 1.55. The first-order chi connectivity index (χ1) is 6.27. The molecule has 3 heteroatoms. The first kappa shape index (κ1) is 8.26. The Morgan fingerprint density at radius 2 is 2.23 bits per heavy atom. The Morgan fingerprint density at radius 3 is 2.92 bits per heavy atom. The second-order valence-corrected chi connectivity index (χ2v) is 3.88. The van der Waals surface area contributed by atoms with Crippen LogP contribution in [0.25, 0.3) is 10.6 Å². The standard InChI is InChI=1S/C10H10N2S/c1-12-5-4-8(11)7-9(12)10-3-2-6-13-10/h2-7,11H,1H3/p+1. The van der Waals surface area contributed by atoms with E-state index >= 15 is 0 Å². The summed E-state index contributed by atoms with van der Waals surface area (Å²) in [6.45, 7) is 0. The molecule has 2 rings (SSSR count). The summed E-state index contributed by atoms with van der Waals surface area (Å²) in [5, 5.41) is 2.07. The second kappa shape index (κ2) is 3.18. The second-order valence-electron chi connectivity index (χ2n) is 2.93. The van der Waals surface area contributed by atoms with Gasteiger partial charge in [-0.15, -0.1) is 11.3 Å². The molecule has 2 heterocycles. The van der Waals surface area contributed by atoms with E-state index in [4.69, 9.17) is 5.73 Å². The lowest BCUT2D eigenvalue weighted by Gasteiger charge is -1.97.